The summed E-state index contributed by atoms with van der Waals surface area (Å²) < 4.78 is 0. The van der Waals surface area contributed by atoms with Crippen molar-refractivity contribution in [3.63, 3.8) is 0 Å². The molecule has 0 radical (unpaired) electrons. The number of urea groups is 1. The number of carbonyl (C=O) groups excluding carboxylic acids is 1. The second-order valence-electron chi connectivity index (χ2n) is 3.97. The number of carboxylic acid groups (broad SMARTS) is 1. The van der Waals surface area contributed by atoms with E-state index in [1.807, 2.05) is 36.6 Å². The summed E-state index contributed by atoms with van der Waals surface area (Å²) in [6.45, 7) is 0.519. The minimum Gasteiger partial charge on any atom is -0.480 e. The van der Waals surface area contributed by atoms with Crippen LogP contribution < -0.4 is 10.6 Å². The average molecular weight is 282 g/mol. The lowest BCUT2D eigenvalue weighted by atomic mass is 10.1. The van der Waals surface area contributed by atoms with Gasteiger partial charge in [-0.05, 0) is 11.8 Å². The van der Waals surface area contributed by atoms with Crippen molar-refractivity contribution in [2.45, 2.75) is 12.5 Å². The highest BCUT2D eigenvalue weighted by atomic mass is 32.2. The highest BCUT2D eigenvalue weighted by Crippen LogP contribution is 2.03. The standard InChI is InChI=1S/C13H18N2O3S/c1-19-8-7-14-13(18)15-11(12(16)17)9-10-5-3-2-4-6-10/h2-6,11H,7-9H2,1H3,(H,16,17)(H2,14,15,18)/t11-/m0/s1. The van der Waals surface area contributed by atoms with Crippen LogP contribution in [0.2, 0.25) is 0 Å². The van der Waals surface area contributed by atoms with Crippen molar-refractivity contribution in [2.24, 2.45) is 0 Å². The average Bonchev–Trinajstić information content (AvgIpc) is 2.39. The predicted octanol–water partition coefficient (Wildman–Crippen LogP) is 1.34. The third-order valence-electron chi connectivity index (χ3n) is 2.48. The SMILES string of the molecule is CSCCNC(=O)N[C@@H](Cc1ccccc1)C(=O)O. The largest absolute Gasteiger partial charge is 0.480 e. The van der Waals surface area contributed by atoms with Crippen LogP contribution >= 0.6 is 11.8 Å². The van der Waals surface area contributed by atoms with Gasteiger partial charge in [0.2, 0.25) is 0 Å². The Morgan fingerprint density at radius 1 is 1.32 bits per heavy atom. The molecule has 104 valence electrons. The van der Waals surface area contributed by atoms with Crippen LogP contribution in [0.1, 0.15) is 5.56 Å². The molecule has 0 saturated carbocycles. The summed E-state index contributed by atoms with van der Waals surface area (Å²) in [5.74, 6) is -0.243. The smallest absolute Gasteiger partial charge is 0.326 e. The van der Waals surface area contributed by atoms with E-state index in [2.05, 4.69) is 10.6 Å². The molecule has 1 aromatic rings. The van der Waals surface area contributed by atoms with Gasteiger partial charge >= 0.3 is 12.0 Å². The van der Waals surface area contributed by atoms with Gasteiger partial charge in [-0.15, -0.1) is 0 Å². The molecule has 0 spiro atoms. The zero-order valence-corrected chi connectivity index (χ0v) is 11.6. The van der Waals surface area contributed by atoms with Crippen LogP contribution in [0.15, 0.2) is 30.3 Å². The number of hydrogen-bond acceptors (Lipinski definition) is 3. The first-order valence-corrected chi connectivity index (χ1v) is 7.33. The fourth-order valence-electron chi connectivity index (χ4n) is 1.53. The molecule has 1 aromatic carbocycles. The van der Waals surface area contributed by atoms with Crippen molar-refractivity contribution >= 4 is 23.8 Å². The van der Waals surface area contributed by atoms with Crippen LogP contribution in [0.4, 0.5) is 4.79 Å². The maximum atomic E-state index is 11.5. The Kier molecular flexibility index (Phi) is 6.81. The highest BCUT2D eigenvalue weighted by molar-refractivity contribution is 7.98. The minimum absolute atomic E-state index is 0.270. The lowest BCUT2D eigenvalue weighted by molar-refractivity contribution is -0.139. The van der Waals surface area contributed by atoms with Gasteiger partial charge in [-0.2, -0.15) is 11.8 Å². The molecule has 6 heteroatoms. The quantitative estimate of drug-likeness (QED) is 0.660. The third kappa shape index (κ3) is 6.15. The maximum absolute atomic E-state index is 11.5. The zero-order chi connectivity index (χ0) is 14.1. The molecule has 0 bridgehead atoms. The first-order valence-electron chi connectivity index (χ1n) is 5.93. The van der Waals surface area contributed by atoms with Gasteiger partial charge in [0.05, 0.1) is 0 Å². The molecule has 0 saturated heterocycles. The van der Waals surface area contributed by atoms with Crippen molar-refractivity contribution in [3.8, 4) is 0 Å². The number of rotatable bonds is 7. The van der Waals surface area contributed by atoms with Crippen LogP contribution in [-0.2, 0) is 11.2 Å². The zero-order valence-electron chi connectivity index (χ0n) is 10.8. The molecular formula is C13H18N2O3S. The first kappa shape index (κ1) is 15.4. The van der Waals surface area contributed by atoms with Crippen LogP contribution in [0, 0.1) is 0 Å². The number of thioether (sulfide) groups is 1. The lowest BCUT2D eigenvalue weighted by Gasteiger charge is -2.15. The molecule has 0 fully saturated rings. The molecule has 0 aliphatic rings. The van der Waals surface area contributed by atoms with E-state index in [4.69, 9.17) is 5.11 Å². The fraction of sp³-hybridized carbons (Fsp3) is 0.385. The van der Waals surface area contributed by atoms with E-state index in [0.29, 0.717) is 6.54 Å². The Bertz CT molecular complexity index is 412. The molecule has 1 rings (SSSR count). The number of aliphatic carboxylic acids is 1. The van der Waals surface area contributed by atoms with Crippen molar-refractivity contribution < 1.29 is 14.7 Å². The first-order chi connectivity index (χ1) is 9.13. The second kappa shape index (κ2) is 8.42. The molecular weight excluding hydrogens is 264 g/mol. The highest BCUT2D eigenvalue weighted by Gasteiger charge is 2.19. The summed E-state index contributed by atoms with van der Waals surface area (Å²) in [4.78, 5) is 22.7. The van der Waals surface area contributed by atoms with Gasteiger partial charge in [0.15, 0.2) is 0 Å². The molecule has 19 heavy (non-hydrogen) atoms. The topological polar surface area (TPSA) is 78.4 Å². The van der Waals surface area contributed by atoms with Gasteiger partial charge in [0.25, 0.3) is 0 Å². The summed E-state index contributed by atoms with van der Waals surface area (Å²) in [6.07, 6.45) is 2.21. The third-order valence-corrected chi connectivity index (χ3v) is 3.09. The molecule has 5 nitrogen and oxygen atoms in total. The lowest BCUT2D eigenvalue weighted by Crippen LogP contribution is -2.47. The summed E-state index contributed by atoms with van der Waals surface area (Å²) in [5.41, 5.74) is 0.874. The summed E-state index contributed by atoms with van der Waals surface area (Å²) in [5, 5.41) is 14.2. The van der Waals surface area contributed by atoms with Crippen molar-refractivity contribution in [1.29, 1.82) is 0 Å². The van der Waals surface area contributed by atoms with Gasteiger partial charge in [0, 0.05) is 18.7 Å². The molecule has 1 atom stereocenters. The monoisotopic (exact) mass is 282 g/mol. The van der Waals surface area contributed by atoms with E-state index in [-0.39, 0.29) is 6.42 Å². The predicted molar refractivity (Wildman–Crippen MR) is 76.5 cm³/mol. The van der Waals surface area contributed by atoms with E-state index in [9.17, 15) is 9.59 Å². The number of nitrogens with one attached hydrogen (secondary N) is 2. The van der Waals surface area contributed by atoms with Crippen LogP contribution in [0.25, 0.3) is 0 Å². The summed E-state index contributed by atoms with van der Waals surface area (Å²) in [6, 6.07) is 7.85. The number of carboxylic acids is 1. The number of amides is 2. The van der Waals surface area contributed by atoms with Gasteiger partial charge < -0.3 is 15.7 Å². The molecule has 2 amide bonds. The normalized spacial score (nSPS) is 11.6. The Morgan fingerprint density at radius 2 is 2.00 bits per heavy atom. The Balaban J connectivity index is 2.49. The van der Waals surface area contributed by atoms with E-state index in [1.165, 1.54) is 0 Å². The Morgan fingerprint density at radius 3 is 2.58 bits per heavy atom. The molecule has 0 aliphatic carbocycles. The molecule has 0 heterocycles. The number of carbonyl (C=O) groups is 2. The van der Waals surface area contributed by atoms with Crippen LogP contribution in [0.3, 0.4) is 0 Å². The van der Waals surface area contributed by atoms with Gasteiger partial charge in [0.1, 0.15) is 6.04 Å². The molecule has 3 N–H and O–H groups in total. The van der Waals surface area contributed by atoms with E-state index in [1.54, 1.807) is 11.8 Å². The van der Waals surface area contributed by atoms with Gasteiger partial charge in [-0.1, -0.05) is 30.3 Å². The van der Waals surface area contributed by atoms with E-state index >= 15 is 0 Å². The number of hydrogen-bond donors (Lipinski definition) is 3. The maximum Gasteiger partial charge on any atom is 0.326 e. The van der Waals surface area contributed by atoms with E-state index < -0.39 is 18.0 Å². The van der Waals surface area contributed by atoms with Gasteiger partial charge in [-0.25, -0.2) is 9.59 Å². The van der Waals surface area contributed by atoms with Crippen molar-refractivity contribution in [2.75, 3.05) is 18.6 Å². The van der Waals surface area contributed by atoms with Gasteiger partial charge in [-0.3, -0.25) is 0 Å². The molecule has 0 aromatic heterocycles. The molecule has 0 unspecified atom stereocenters. The van der Waals surface area contributed by atoms with Crippen LogP contribution in [0.5, 0.6) is 0 Å². The Hall–Kier alpha value is -1.69. The van der Waals surface area contributed by atoms with E-state index in [0.717, 1.165) is 11.3 Å². The van der Waals surface area contributed by atoms with Crippen LogP contribution in [-0.4, -0.2) is 41.7 Å². The summed E-state index contributed by atoms with van der Waals surface area (Å²) >= 11 is 1.61. The second-order valence-corrected chi connectivity index (χ2v) is 4.96. The van der Waals surface area contributed by atoms with Crippen molar-refractivity contribution in [1.82, 2.24) is 10.6 Å². The fourth-order valence-corrected chi connectivity index (χ4v) is 1.83. The minimum atomic E-state index is -1.04. The number of benzene rings is 1. The summed E-state index contributed by atoms with van der Waals surface area (Å²) in [7, 11) is 0. The Labute approximate surface area is 116 Å². The molecule has 0 aliphatic heterocycles. The van der Waals surface area contributed by atoms with Crippen molar-refractivity contribution in [3.05, 3.63) is 35.9 Å².